The molecule has 1 atom stereocenters. The molecule has 0 spiro atoms. The highest BCUT2D eigenvalue weighted by atomic mass is 15.1. The molecule has 108 valence electrons. The van der Waals surface area contributed by atoms with Gasteiger partial charge >= 0.3 is 0 Å². The Hall–Kier alpha value is -2.13. The fourth-order valence-electron chi connectivity index (χ4n) is 2.84. The molecular weight excluding hydrogens is 258 g/mol. The molecule has 2 aromatic carbocycles. The van der Waals surface area contributed by atoms with Crippen molar-refractivity contribution in [2.45, 2.75) is 25.3 Å². The van der Waals surface area contributed by atoms with Crippen LogP contribution in [0.1, 0.15) is 18.3 Å². The van der Waals surface area contributed by atoms with Gasteiger partial charge in [-0.05, 0) is 31.0 Å². The predicted octanol–water partition coefficient (Wildman–Crippen LogP) is 3.08. The van der Waals surface area contributed by atoms with Crippen molar-refractivity contribution in [2.75, 3.05) is 0 Å². The van der Waals surface area contributed by atoms with E-state index in [0.717, 1.165) is 29.7 Å². The summed E-state index contributed by atoms with van der Waals surface area (Å²) in [5, 5.41) is 0. The van der Waals surface area contributed by atoms with Crippen LogP contribution in [-0.2, 0) is 19.9 Å². The minimum absolute atomic E-state index is 0.309. The zero-order chi connectivity index (χ0) is 14.9. The Morgan fingerprint density at radius 3 is 2.38 bits per heavy atom. The van der Waals surface area contributed by atoms with Crippen LogP contribution in [-0.4, -0.2) is 15.1 Å². The number of hydrogen-bond donors (Lipinski definition) is 1. The van der Waals surface area contributed by atoms with E-state index in [1.165, 1.54) is 5.56 Å². The standard InChI is InChI=1S/C18H21N3/c1-18(19,12-14-8-4-3-5-9-14)13-17-20-15-10-6-7-11-16(15)21(17)2/h3-11H,12-13,19H2,1-2H3. The predicted molar refractivity (Wildman–Crippen MR) is 87.2 cm³/mol. The lowest BCUT2D eigenvalue weighted by atomic mass is 9.90. The van der Waals surface area contributed by atoms with Crippen molar-refractivity contribution < 1.29 is 0 Å². The van der Waals surface area contributed by atoms with Gasteiger partial charge in [-0.25, -0.2) is 4.98 Å². The number of para-hydroxylation sites is 2. The fraction of sp³-hybridized carbons (Fsp3) is 0.278. The van der Waals surface area contributed by atoms with Crippen molar-refractivity contribution in [1.82, 2.24) is 9.55 Å². The highest BCUT2D eigenvalue weighted by Crippen LogP contribution is 2.20. The largest absolute Gasteiger partial charge is 0.331 e. The Morgan fingerprint density at radius 1 is 1.00 bits per heavy atom. The second-order valence-corrected chi connectivity index (χ2v) is 6.07. The van der Waals surface area contributed by atoms with Crippen LogP contribution in [0.4, 0.5) is 0 Å². The molecule has 3 nitrogen and oxygen atoms in total. The van der Waals surface area contributed by atoms with Crippen LogP contribution >= 0.6 is 0 Å². The van der Waals surface area contributed by atoms with Crippen LogP contribution in [0.15, 0.2) is 54.6 Å². The number of imidazole rings is 1. The van der Waals surface area contributed by atoms with Gasteiger partial charge in [0.25, 0.3) is 0 Å². The number of nitrogens with two attached hydrogens (primary N) is 1. The maximum absolute atomic E-state index is 6.52. The molecule has 0 saturated heterocycles. The summed E-state index contributed by atoms with van der Waals surface area (Å²) in [5.74, 6) is 1.04. The third kappa shape index (κ3) is 2.98. The molecule has 0 amide bonds. The van der Waals surface area contributed by atoms with Gasteiger partial charge in [0.05, 0.1) is 11.0 Å². The molecule has 0 aliphatic heterocycles. The first-order valence-electron chi connectivity index (χ1n) is 7.28. The van der Waals surface area contributed by atoms with E-state index in [4.69, 9.17) is 10.7 Å². The van der Waals surface area contributed by atoms with Crippen LogP contribution in [0.5, 0.6) is 0 Å². The average Bonchev–Trinajstić information content (AvgIpc) is 2.76. The van der Waals surface area contributed by atoms with Crippen LogP contribution in [0.3, 0.4) is 0 Å². The zero-order valence-corrected chi connectivity index (χ0v) is 12.6. The lowest BCUT2D eigenvalue weighted by Crippen LogP contribution is -2.41. The second-order valence-electron chi connectivity index (χ2n) is 6.07. The second kappa shape index (κ2) is 5.34. The Balaban J connectivity index is 1.85. The van der Waals surface area contributed by atoms with Crippen LogP contribution in [0.25, 0.3) is 11.0 Å². The molecule has 0 radical (unpaired) electrons. The van der Waals surface area contributed by atoms with Gasteiger partial charge in [-0.15, -0.1) is 0 Å². The third-order valence-corrected chi connectivity index (χ3v) is 3.89. The van der Waals surface area contributed by atoms with Crippen LogP contribution in [0.2, 0.25) is 0 Å². The van der Waals surface area contributed by atoms with E-state index >= 15 is 0 Å². The number of aryl methyl sites for hydroxylation is 1. The number of aromatic nitrogens is 2. The molecule has 1 aromatic heterocycles. The van der Waals surface area contributed by atoms with Gasteiger partial charge in [-0.1, -0.05) is 42.5 Å². The minimum atomic E-state index is -0.309. The monoisotopic (exact) mass is 279 g/mol. The molecule has 3 rings (SSSR count). The van der Waals surface area contributed by atoms with Gasteiger partial charge in [0, 0.05) is 19.0 Å². The average molecular weight is 279 g/mol. The first-order valence-corrected chi connectivity index (χ1v) is 7.28. The zero-order valence-electron chi connectivity index (χ0n) is 12.6. The van der Waals surface area contributed by atoms with E-state index in [-0.39, 0.29) is 5.54 Å². The van der Waals surface area contributed by atoms with E-state index in [2.05, 4.69) is 48.9 Å². The molecule has 1 heterocycles. The minimum Gasteiger partial charge on any atom is -0.331 e. The molecule has 2 N–H and O–H groups in total. The summed E-state index contributed by atoms with van der Waals surface area (Å²) in [7, 11) is 2.06. The molecule has 0 aliphatic rings. The lowest BCUT2D eigenvalue weighted by Gasteiger charge is -2.24. The van der Waals surface area contributed by atoms with Gasteiger partial charge in [0.1, 0.15) is 5.82 Å². The summed E-state index contributed by atoms with van der Waals surface area (Å²) < 4.78 is 2.14. The van der Waals surface area contributed by atoms with Crippen molar-refractivity contribution in [3.05, 3.63) is 66.0 Å². The van der Waals surface area contributed by atoms with Crippen LogP contribution in [0, 0.1) is 0 Å². The molecule has 3 aromatic rings. The van der Waals surface area contributed by atoms with Crippen molar-refractivity contribution in [3.63, 3.8) is 0 Å². The Morgan fingerprint density at radius 2 is 1.67 bits per heavy atom. The van der Waals surface area contributed by atoms with Crippen molar-refractivity contribution >= 4 is 11.0 Å². The van der Waals surface area contributed by atoms with Gasteiger partial charge < -0.3 is 10.3 Å². The lowest BCUT2D eigenvalue weighted by molar-refractivity contribution is 0.447. The number of fused-ring (bicyclic) bond motifs is 1. The summed E-state index contributed by atoms with van der Waals surface area (Å²) >= 11 is 0. The van der Waals surface area contributed by atoms with Crippen molar-refractivity contribution in [3.8, 4) is 0 Å². The normalized spacial score (nSPS) is 14.2. The SMILES string of the molecule is Cn1c(CC(C)(N)Cc2ccccc2)nc2ccccc21. The van der Waals surface area contributed by atoms with Crippen LogP contribution < -0.4 is 5.73 Å². The van der Waals surface area contributed by atoms with E-state index in [1.54, 1.807) is 0 Å². The van der Waals surface area contributed by atoms with Gasteiger partial charge in [-0.2, -0.15) is 0 Å². The third-order valence-electron chi connectivity index (χ3n) is 3.89. The molecular formula is C18H21N3. The summed E-state index contributed by atoms with van der Waals surface area (Å²) in [4.78, 5) is 4.72. The quantitative estimate of drug-likeness (QED) is 0.797. The number of nitrogens with zero attached hydrogens (tertiary/aromatic N) is 2. The van der Waals surface area contributed by atoms with E-state index in [9.17, 15) is 0 Å². The Bertz CT molecular complexity index is 742. The van der Waals surface area contributed by atoms with Crippen molar-refractivity contribution in [1.29, 1.82) is 0 Å². The summed E-state index contributed by atoms with van der Waals surface area (Å²) in [6, 6.07) is 18.6. The summed E-state index contributed by atoms with van der Waals surface area (Å²) in [6.07, 6.45) is 1.60. The maximum atomic E-state index is 6.52. The van der Waals surface area contributed by atoms with Gasteiger partial charge in [0.2, 0.25) is 0 Å². The van der Waals surface area contributed by atoms with E-state index < -0.39 is 0 Å². The Kier molecular flexibility index (Phi) is 3.52. The first-order chi connectivity index (χ1) is 10.1. The molecule has 3 heteroatoms. The van der Waals surface area contributed by atoms with E-state index in [0.29, 0.717) is 0 Å². The number of hydrogen-bond acceptors (Lipinski definition) is 2. The molecule has 0 aliphatic carbocycles. The van der Waals surface area contributed by atoms with Gasteiger partial charge in [-0.3, -0.25) is 0 Å². The molecule has 0 fully saturated rings. The molecule has 1 unspecified atom stereocenters. The number of benzene rings is 2. The molecule has 0 saturated carbocycles. The highest BCUT2D eigenvalue weighted by Gasteiger charge is 2.22. The summed E-state index contributed by atoms with van der Waals surface area (Å²) in [5.41, 5.74) is 9.66. The van der Waals surface area contributed by atoms with E-state index in [1.807, 2.05) is 24.3 Å². The smallest absolute Gasteiger partial charge is 0.111 e. The summed E-state index contributed by atoms with van der Waals surface area (Å²) in [6.45, 7) is 2.10. The Labute approximate surface area is 125 Å². The number of rotatable bonds is 4. The van der Waals surface area contributed by atoms with Crippen molar-refractivity contribution in [2.24, 2.45) is 12.8 Å². The fourth-order valence-corrected chi connectivity index (χ4v) is 2.84. The maximum Gasteiger partial charge on any atom is 0.111 e. The molecule has 21 heavy (non-hydrogen) atoms. The molecule has 0 bridgehead atoms. The van der Waals surface area contributed by atoms with Gasteiger partial charge in [0.15, 0.2) is 0 Å². The first kappa shape index (κ1) is 13.8. The topological polar surface area (TPSA) is 43.8 Å². The highest BCUT2D eigenvalue weighted by molar-refractivity contribution is 5.75.